The molecule has 26 heavy (non-hydrogen) atoms. The van der Waals surface area contributed by atoms with Crippen molar-refractivity contribution in [3.8, 4) is 0 Å². The Kier molecular flexibility index (Phi) is 8.90. The van der Waals surface area contributed by atoms with E-state index in [0.717, 1.165) is 35.5 Å². The minimum atomic E-state index is -0.171. The summed E-state index contributed by atoms with van der Waals surface area (Å²) in [7, 11) is 0. The Bertz CT molecular complexity index is 759. The van der Waals surface area contributed by atoms with Crippen molar-refractivity contribution in [2.45, 2.75) is 45.4 Å². The van der Waals surface area contributed by atoms with Crippen molar-refractivity contribution in [1.29, 1.82) is 0 Å². The summed E-state index contributed by atoms with van der Waals surface area (Å²) in [6.07, 6.45) is 8.57. The molecule has 1 amide bonds. The Labute approximate surface area is 159 Å². The number of pyridine rings is 1. The van der Waals surface area contributed by atoms with Gasteiger partial charge in [-0.2, -0.15) is 0 Å². The number of fused-ring (bicyclic) bond motifs is 1. The lowest BCUT2D eigenvalue weighted by Gasteiger charge is -2.02. The van der Waals surface area contributed by atoms with Crippen LogP contribution in [0.5, 0.6) is 0 Å². The summed E-state index contributed by atoms with van der Waals surface area (Å²) in [5, 5.41) is 5.20. The van der Waals surface area contributed by atoms with E-state index < -0.39 is 0 Å². The van der Waals surface area contributed by atoms with Crippen LogP contribution in [0.25, 0.3) is 10.9 Å². The van der Waals surface area contributed by atoms with Crippen molar-refractivity contribution in [3.05, 3.63) is 53.6 Å². The molecule has 0 saturated carbocycles. The van der Waals surface area contributed by atoms with Gasteiger partial charge < -0.3 is 5.32 Å². The molecule has 1 N–H and O–H groups in total. The number of hydrogen-bond acceptors (Lipinski definition) is 4. The SMILES string of the molecule is CCCCCCCCNC(=O)C=CSC(=O)c1ccc2ccccc2n1. The van der Waals surface area contributed by atoms with E-state index in [4.69, 9.17) is 0 Å². The fourth-order valence-electron chi connectivity index (χ4n) is 2.57. The summed E-state index contributed by atoms with van der Waals surface area (Å²) in [5.41, 5.74) is 1.19. The summed E-state index contributed by atoms with van der Waals surface area (Å²) >= 11 is 0.976. The number of para-hydroxylation sites is 1. The van der Waals surface area contributed by atoms with Crippen molar-refractivity contribution < 1.29 is 9.59 Å². The van der Waals surface area contributed by atoms with E-state index in [0.29, 0.717) is 12.2 Å². The van der Waals surface area contributed by atoms with Gasteiger partial charge in [0.1, 0.15) is 5.69 Å². The highest BCUT2D eigenvalue weighted by Gasteiger charge is 2.07. The molecule has 2 aromatic rings. The van der Waals surface area contributed by atoms with E-state index in [-0.39, 0.29) is 11.0 Å². The van der Waals surface area contributed by atoms with Crippen LogP contribution >= 0.6 is 11.8 Å². The normalized spacial score (nSPS) is 11.1. The van der Waals surface area contributed by atoms with Crippen LogP contribution in [-0.2, 0) is 4.79 Å². The molecular formula is C21H26N2O2S. The van der Waals surface area contributed by atoms with Crippen LogP contribution in [0.15, 0.2) is 47.9 Å². The van der Waals surface area contributed by atoms with Crippen LogP contribution in [0.3, 0.4) is 0 Å². The number of aromatic nitrogens is 1. The number of unbranched alkanes of at least 4 members (excludes halogenated alkanes) is 5. The molecule has 5 heteroatoms. The third-order valence-corrected chi connectivity index (χ3v) is 4.73. The van der Waals surface area contributed by atoms with Gasteiger partial charge in [0.05, 0.1) is 5.52 Å². The molecule has 138 valence electrons. The molecular weight excluding hydrogens is 344 g/mol. The number of carbonyl (C=O) groups is 2. The topological polar surface area (TPSA) is 59.1 Å². The summed E-state index contributed by atoms with van der Waals surface area (Å²) in [6, 6.07) is 11.3. The molecule has 0 atom stereocenters. The number of hydrogen-bond donors (Lipinski definition) is 1. The van der Waals surface area contributed by atoms with Crippen molar-refractivity contribution in [3.63, 3.8) is 0 Å². The van der Waals surface area contributed by atoms with Crippen LogP contribution in [-0.4, -0.2) is 22.6 Å². The predicted molar refractivity (Wildman–Crippen MR) is 109 cm³/mol. The van der Waals surface area contributed by atoms with Crippen molar-refractivity contribution >= 4 is 33.7 Å². The lowest BCUT2D eigenvalue weighted by molar-refractivity contribution is -0.116. The number of benzene rings is 1. The van der Waals surface area contributed by atoms with Crippen LogP contribution < -0.4 is 5.32 Å². The molecule has 0 bridgehead atoms. The monoisotopic (exact) mass is 370 g/mol. The summed E-state index contributed by atoms with van der Waals surface area (Å²) < 4.78 is 0. The van der Waals surface area contributed by atoms with Gasteiger partial charge in [-0.05, 0) is 24.0 Å². The number of nitrogens with one attached hydrogen (secondary N) is 1. The predicted octanol–water partition coefficient (Wildman–Crippen LogP) is 5.10. The minimum absolute atomic E-state index is 0.162. The van der Waals surface area contributed by atoms with E-state index >= 15 is 0 Å². The van der Waals surface area contributed by atoms with Gasteiger partial charge in [0.15, 0.2) is 0 Å². The lowest BCUT2D eigenvalue weighted by Crippen LogP contribution is -2.21. The van der Waals surface area contributed by atoms with Gasteiger partial charge in [-0.15, -0.1) is 0 Å². The summed E-state index contributed by atoms with van der Waals surface area (Å²) in [5.74, 6) is -0.162. The largest absolute Gasteiger partial charge is 0.353 e. The Morgan fingerprint density at radius 3 is 2.65 bits per heavy atom. The molecule has 1 aromatic carbocycles. The third-order valence-electron chi connectivity index (χ3n) is 4.03. The molecule has 0 spiro atoms. The molecule has 1 aromatic heterocycles. The number of carbonyl (C=O) groups excluding carboxylic acids is 2. The quantitative estimate of drug-likeness (QED) is 0.467. The maximum absolute atomic E-state index is 12.2. The summed E-state index contributed by atoms with van der Waals surface area (Å²) in [4.78, 5) is 28.3. The van der Waals surface area contributed by atoms with E-state index in [2.05, 4.69) is 17.2 Å². The van der Waals surface area contributed by atoms with Crippen molar-refractivity contribution in [2.75, 3.05) is 6.54 Å². The minimum Gasteiger partial charge on any atom is -0.353 e. The smallest absolute Gasteiger partial charge is 0.244 e. The third kappa shape index (κ3) is 7.00. The number of thioether (sulfide) groups is 1. The number of nitrogens with zero attached hydrogens (tertiary/aromatic N) is 1. The highest BCUT2D eigenvalue weighted by molar-refractivity contribution is 8.16. The maximum Gasteiger partial charge on any atom is 0.244 e. The average Bonchev–Trinajstić information content (AvgIpc) is 2.66. The first-order valence-corrected chi connectivity index (χ1v) is 10.1. The second kappa shape index (κ2) is 11.5. The van der Waals surface area contributed by atoms with Crippen LogP contribution in [0.4, 0.5) is 0 Å². The fourth-order valence-corrected chi connectivity index (χ4v) is 3.12. The van der Waals surface area contributed by atoms with Gasteiger partial charge in [-0.3, -0.25) is 9.59 Å². The van der Waals surface area contributed by atoms with Gasteiger partial charge in [0, 0.05) is 18.0 Å². The Balaban J connectivity index is 1.69. The Morgan fingerprint density at radius 1 is 1.04 bits per heavy atom. The van der Waals surface area contributed by atoms with Gasteiger partial charge in [-0.25, -0.2) is 4.98 Å². The molecule has 2 rings (SSSR count). The van der Waals surface area contributed by atoms with Gasteiger partial charge in [0.2, 0.25) is 11.0 Å². The Morgan fingerprint density at radius 2 is 1.81 bits per heavy atom. The first-order valence-electron chi connectivity index (χ1n) is 9.22. The summed E-state index contributed by atoms with van der Waals surface area (Å²) in [6.45, 7) is 2.88. The molecule has 4 nitrogen and oxygen atoms in total. The standard InChI is InChI=1S/C21H26N2O2S/c1-2-3-4-5-6-9-15-22-20(24)14-16-26-21(25)19-13-12-17-10-7-8-11-18(17)23-19/h7-8,10-14,16H,2-6,9,15H2,1H3,(H,22,24). The van der Waals surface area contributed by atoms with E-state index in [1.54, 1.807) is 6.07 Å². The van der Waals surface area contributed by atoms with Crippen molar-refractivity contribution in [1.82, 2.24) is 10.3 Å². The second-order valence-electron chi connectivity index (χ2n) is 6.16. The van der Waals surface area contributed by atoms with Crippen LogP contribution in [0, 0.1) is 0 Å². The molecule has 0 aliphatic rings. The molecule has 1 heterocycles. The molecule has 0 radical (unpaired) electrons. The second-order valence-corrected chi connectivity index (χ2v) is 7.03. The first kappa shape index (κ1) is 20.2. The molecule has 0 aliphatic heterocycles. The number of rotatable bonds is 10. The van der Waals surface area contributed by atoms with Gasteiger partial charge >= 0.3 is 0 Å². The van der Waals surface area contributed by atoms with Gasteiger partial charge in [-0.1, -0.05) is 75.1 Å². The zero-order chi connectivity index (χ0) is 18.6. The lowest BCUT2D eigenvalue weighted by atomic mass is 10.1. The van der Waals surface area contributed by atoms with Gasteiger partial charge in [0.25, 0.3) is 0 Å². The maximum atomic E-state index is 12.2. The molecule has 0 fully saturated rings. The number of amides is 1. The zero-order valence-electron chi connectivity index (χ0n) is 15.2. The fraction of sp³-hybridized carbons (Fsp3) is 0.381. The van der Waals surface area contributed by atoms with E-state index in [1.165, 1.54) is 37.2 Å². The zero-order valence-corrected chi connectivity index (χ0v) is 16.1. The van der Waals surface area contributed by atoms with Crippen molar-refractivity contribution in [2.24, 2.45) is 0 Å². The van der Waals surface area contributed by atoms with E-state index in [9.17, 15) is 9.59 Å². The highest BCUT2D eigenvalue weighted by atomic mass is 32.2. The molecule has 0 aliphatic carbocycles. The molecule has 0 saturated heterocycles. The average molecular weight is 371 g/mol. The Hall–Kier alpha value is -2.14. The first-order chi connectivity index (χ1) is 12.7. The highest BCUT2D eigenvalue weighted by Crippen LogP contribution is 2.16. The van der Waals surface area contributed by atoms with E-state index in [1.807, 2.05) is 30.3 Å². The molecule has 0 unspecified atom stereocenters. The van der Waals surface area contributed by atoms with Crippen LogP contribution in [0.2, 0.25) is 0 Å². The van der Waals surface area contributed by atoms with Crippen LogP contribution in [0.1, 0.15) is 55.9 Å².